The number of hydrogen-bond acceptors (Lipinski definition) is 5. The van der Waals surface area contributed by atoms with E-state index in [-0.39, 0.29) is 16.7 Å². The van der Waals surface area contributed by atoms with Crippen LogP contribution in [0, 0.1) is 17.0 Å². The predicted molar refractivity (Wildman–Crippen MR) is 102 cm³/mol. The van der Waals surface area contributed by atoms with Gasteiger partial charge in [-0.3, -0.25) is 15.0 Å². The van der Waals surface area contributed by atoms with Gasteiger partial charge in [0.15, 0.2) is 0 Å². The van der Waals surface area contributed by atoms with Crippen LogP contribution in [0.2, 0.25) is 0 Å². The molecule has 0 radical (unpaired) electrons. The van der Waals surface area contributed by atoms with Gasteiger partial charge in [-0.1, -0.05) is 28.1 Å². The van der Waals surface area contributed by atoms with E-state index in [1.807, 2.05) is 0 Å². The maximum atomic E-state index is 11.3. The van der Waals surface area contributed by atoms with E-state index in [1.54, 1.807) is 19.2 Å². The molecule has 25 heavy (non-hydrogen) atoms. The Kier molecular flexibility index (Phi) is 5.65. The number of pyridine rings is 1. The van der Waals surface area contributed by atoms with Crippen molar-refractivity contribution in [2.24, 2.45) is 0 Å². The van der Waals surface area contributed by atoms with Crippen LogP contribution in [0.25, 0.3) is 0 Å². The zero-order chi connectivity index (χ0) is 17.8. The van der Waals surface area contributed by atoms with Gasteiger partial charge in [0, 0.05) is 41.9 Å². The van der Waals surface area contributed by atoms with E-state index in [1.165, 1.54) is 5.56 Å². The summed E-state index contributed by atoms with van der Waals surface area (Å²) in [4.78, 5) is 17.5. The van der Waals surface area contributed by atoms with Gasteiger partial charge in [-0.25, -0.2) is 4.98 Å². The van der Waals surface area contributed by atoms with E-state index in [9.17, 15) is 10.1 Å². The quantitative estimate of drug-likeness (QED) is 0.598. The first-order chi connectivity index (χ1) is 12.0. The zero-order valence-electron chi connectivity index (χ0n) is 14.1. The lowest BCUT2D eigenvalue weighted by Crippen LogP contribution is -2.38. The Morgan fingerprint density at radius 1 is 1.28 bits per heavy atom. The Bertz CT molecular complexity index is 743. The summed E-state index contributed by atoms with van der Waals surface area (Å²) < 4.78 is 1.09. The Balaban J connectivity index is 1.57. The van der Waals surface area contributed by atoms with Gasteiger partial charge in [0.25, 0.3) is 0 Å². The minimum atomic E-state index is -0.354. The maximum Gasteiger partial charge on any atom is 0.314 e. The fourth-order valence-electron chi connectivity index (χ4n) is 3.16. The lowest BCUT2D eigenvalue weighted by molar-refractivity contribution is -0.384. The SMILES string of the molecule is Cc1ccnc(NC2CCN(Cc3ccc(Br)cc3)CC2)c1[N+](=O)[O-]. The number of likely N-dealkylation sites (tertiary alicyclic amines) is 1. The normalized spacial score (nSPS) is 15.9. The lowest BCUT2D eigenvalue weighted by Gasteiger charge is -2.32. The molecule has 0 unspecified atom stereocenters. The van der Waals surface area contributed by atoms with E-state index in [2.05, 4.69) is 55.4 Å². The number of anilines is 1. The number of piperidine rings is 1. The smallest absolute Gasteiger partial charge is 0.314 e. The second kappa shape index (κ2) is 7.93. The molecule has 132 valence electrons. The average molecular weight is 405 g/mol. The van der Waals surface area contributed by atoms with Crippen molar-refractivity contribution < 1.29 is 4.92 Å². The van der Waals surface area contributed by atoms with Crippen LogP contribution in [-0.4, -0.2) is 33.9 Å². The Morgan fingerprint density at radius 3 is 2.60 bits per heavy atom. The molecular weight excluding hydrogens is 384 g/mol. The molecule has 1 aliphatic heterocycles. The minimum Gasteiger partial charge on any atom is -0.362 e. The summed E-state index contributed by atoms with van der Waals surface area (Å²) in [6.07, 6.45) is 3.51. The fourth-order valence-corrected chi connectivity index (χ4v) is 3.43. The van der Waals surface area contributed by atoms with Gasteiger partial charge in [0.05, 0.1) is 4.92 Å². The summed E-state index contributed by atoms with van der Waals surface area (Å²) in [5, 5.41) is 14.6. The lowest BCUT2D eigenvalue weighted by atomic mass is 10.0. The molecule has 6 nitrogen and oxygen atoms in total. The van der Waals surface area contributed by atoms with E-state index >= 15 is 0 Å². The summed E-state index contributed by atoms with van der Waals surface area (Å²) in [5.41, 5.74) is 2.01. The van der Waals surface area contributed by atoms with E-state index in [4.69, 9.17) is 0 Å². The Morgan fingerprint density at radius 2 is 1.96 bits per heavy atom. The monoisotopic (exact) mass is 404 g/mol. The minimum absolute atomic E-state index is 0.0831. The molecule has 0 aliphatic carbocycles. The number of nitro groups is 1. The summed E-state index contributed by atoms with van der Waals surface area (Å²) in [5.74, 6) is 0.386. The van der Waals surface area contributed by atoms with Crippen molar-refractivity contribution in [2.45, 2.75) is 32.4 Å². The third-order valence-electron chi connectivity index (χ3n) is 4.56. The van der Waals surface area contributed by atoms with Crippen molar-refractivity contribution in [3.8, 4) is 0 Å². The first kappa shape index (κ1) is 17.8. The number of nitrogens with zero attached hydrogens (tertiary/aromatic N) is 3. The van der Waals surface area contributed by atoms with E-state index in [0.29, 0.717) is 11.4 Å². The molecule has 1 aromatic carbocycles. The number of halogens is 1. The van der Waals surface area contributed by atoms with Crippen molar-refractivity contribution >= 4 is 27.4 Å². The van der Waals surface area contributed by atoms with Crippen molar-refractivity contribution in [3.63, 3.8) is 0 Å². The first-order valence-corrected chi connectivity index (χ1v) is 9.15. The van der Waals surface area contributed by atoms with E-state index in [0.717, 1.165) is 36.9 Å². The molecule has 1 aromatic heterocycles. The van der Waals surface area contributed by atoms with E-state index < -0.39 is 0 Å². The second-order valence-corrected chi connectivity index (χ2v) is 7.32. The molecule has 1 saturated heterocycles. The van der Waals surface area contributed by atoms with Crippen LogP contribution in [0.1, 0.15) is 24.0 Å². The third kappa shape index (κ3) is 4.55. The van der Waals surface area contributed by atoms with Gasteiger partial charge in [-0.15, -0.1) is 0 Å². The molecule has 1 N–H and O–H groups in total. The van der Waals surface area contributed by atoms with Crippen LogP contribution < -0.4 is 5.32 Å². The fraction of sp³-hybridized carbons (Fsp3) is 0.389. The molecule has 0 atom stereocenters. The molecule has 7 heteroatoms. The largest absolute Gasteiger partial charge is 0.362 e. The summed E-state index contributed by atoms with van der Waals surface area (Å²) in [6, 6.07) is 10.3. The second-order valence-electron chi connectivity index (χ2n) is 6.40. The van der Waals surface area contributed by atoms with Crippen molar-refractivity contribution in [1.82, 2.24) is 9.88 Å². The summed E-state index contributed by atoms with van der Waals surface area (Å²) in [6.45, 7) is 4.61. The number of nitrogens with one attached hydrogen (secondary N) is 1. The van der Waals surface area contributed by atoms with Crippen LogP contribution in [0.15, 0.2) is 41.0 Å². The molecule has 1 fully saturated rings. The first-order valence-electron chi connectivity index (χ1n) is 8.36. The van der Waals surface area contributed by atoms with Crippen LogP contribution in [0.3, 0.4) is 0 Å². The van der Waals surface area contributed by atoms with Crippen LogP contribution in [0.5, 0.6) is 0 Å². The Labute approximate surface area is 155 Å². The van der Waals surface area contributed by atoms with Crippen LogP contribution >= 0.6 is 15.9 Å². The molecule has 2 aromatic rings. The standard InChI is InChI=1S/C18H21BrN4O2/c1-13-6-9-20-18(17(13)23(24)25)21-16-7-10-22(11-8-16)12-14-2-4-15(19)5-3-14/h2-6,9,16H,7-8,10-12H2,1H3,(H,20,21). The number of aryl methyl sites for hydroxylation is 1. The number of aromatic nitrogens is 1. The molecule has 2 heterocycles. The highest BCUT2D eigenvalue weighted by Crippen LogP contribution is 2.27. The van der Waals surface area contributed by atoms with Gasteiger partial charge in [-0.2, -0.15) is 0 Å². The predicted octanol–water partition coefficient (Wildman–Crippen LogP) is 4.14. The molecular formula is C18H21BrN4O2. The van der Waals surface area contributed by atoms with Gasteiger partial charge >= 0.3 is 5.69 Å². The number of benzene rings is 1. The highest BCUT2D eigenvalue weighted by atomic mass is 79.9. The van der Waals surface area contributed by atoms with Crippen LogP contribution in [0.4, 0.5) is 11.5 Å². The van der Waals surface area contributed by atoms with Crippen LogP contribution in [-0.2, 0) is 6.54 Å². The Hall–Kier alpha value is -1.99. The third-order valence-corrected chi connectivity index (χ3v) is 5.09. The average Bonchev–Trinajstić information content (AvgIpc) is 2.58. The molecule has 0 spiro atoms. The van der Waals surface area contributed by atoms with Crippen molar-refractivity contribution in [2.75, 3.05) is 18.4 Å². The number of hydrogen-bond donors (Lipinski definition) is 1. The molecule has 0 amide bonds. The molecule has 1 aliphatic rings. The molecule has 0 saturated carbocycles. The van der Waals surface area contributed by atoms with Gasteiger partial charge < -0.3 is 5.32 Å². The zero-order valence-corrected chi connectivity index (χ0v) is 15.7. The van der Waals surface area contributed by atoms with Gasteiger partial charge in [-0.05, 0) is 43.5 Å². The van der Waals surface area contributed by atoms with Gasteiger partial charge in [0.1, 0.15) is 0 Å². The van der Waals surface area contributed by atoms with Gasteiger partial charge in [0.2, 0.25) is 5.82 Å². The highest BCUT2D eigenvalue weighted by Gasteiger charge is 2.24. The summed E-state index contributed by atoms with van der Waals surface area (Å²) >= 11 is 3.46. The summed E-state index contributed by atoms with van der Waals surface area (Å²) in [7, 11) is 0. The molecule has 3 rings (SSSR count). The topological polar surface area (TPSA) is 71.3 Å². The highest BCUT2D eigenvalue weighted by molar-refractivity contribution is 9.10. The molecule has 0 bridgehead atoms. The maximum absolute atomic E-state index is 11.3. The van der Waals surface area contributed by atoms with Crippen molar-refractivity contribution in [1.29, 1.82) is 0 Å². The van der Waals surface area contributed by atoms with Crippen molar-refractivity contribution in [3.05, 3.63) is 62.2 Å². The number of rotatable bonds is 5.